The van der Waals surface area contributed by atoms with Gasteiger partial charge in [-0.3, -0.25) is 0 Å². The van der Waals surface area contributed by atoms with Crippen LogP contribution in [0.25, 0.3) is 10.8 Å². The summed E-state index contributed by atoms with van der Waals surface area (Å²) in [5, 5.41) is 2.81. The molecule has 0 radical (unpaired) electrons. The average molecular weight is 262 g/mol. The Morgan fingerprint density at radius 2 is 1.58 bits per heavy atom. The van der Waals surface area contributed by atoms with Crippen LogP contribution in [-0.4, -0.2) is 0 Å². The van der Waals surface area contributed by atoms with Gasteiger partial charge < -0.3 is 0 Å². The van der Waals surface area contributed by atoms with Crippen molar-refractivity contribution in [2.45, 2.75) is 23.1 Å². The molecule has 0 aliphatic carbocycles. The predicted molar refractivity (Wildman–Crippen MR) is 82.1 cm³/mol. The first-order chi connectivity index (χ1) is 9.33. The maximum absolute atomic E-state index is 2.35. The first-order valence-electron chi connectivity index (χ1n) is 6.60. The monoisotopic (exact) mass is 262 g/mol. The van der Waals surface area contributed by atoms with E-state index in [2.05, 4.69) is 61.5 Å². The van der Waals surface area contributed by atoms with Crippen LogP contribution >= 0.6 is 11.8 Å². The summed E-state index contributed by atoms with van der Waals surface area (Å²) in [6, 6.07) is 19.9. The Hall–Kier alpha value is -1.73. The van der Waals surface area contributed by atoms with Gasteiger partial charge in [0.05, 0.1) is 0 Å². The standard InChI is InChI=1S/C18H14S/c1-12-10-18-16(15-8-4-3-7-14(12)15)11-13-6-2-5-9-17(13)19-18/h2-10H,11H2,1H3. The minimum absolute atomic E-state index is 1.05. The molecular weight excluding hydrogens is 248 g/mol. The number of hydrogen-bond acceptors (Lipinski definition) is 1. The van der Waals surface area contributed by atoms with Gasteiger partial charge in [0, 0.05) is 16.2 Å². The first-order valence-corrected chi connectivity index (χ1v) is 7.41. The van der Waals surface area contributed by atoms with E-state index in [-0.39, 0.29) is 0 Å². The minimum atomic E-state index is 1.05. The highest BCUT2D eigenvalue weighted by atomic mass is 32.2. The molecule has 3 aromatic rings. The highest BCUT2D eigenvalue weighted by Crippen LogP contribution is 2.43. The maximum Gasteiger partial charge on any atom is 0.0166 e. The Labute approximate surface area is 117 Å². The van der Waals surface area contributed by atoms with Crippen molar-refractivity contribution >= 4 is 22.5 Å². The van der Waals surface area contributed by atoms with E-state index in [9.17, 15) is 0 Å². The van der Waals surface area contributed by atoms with Gasteiger partial charge in [-0.05, 0) is 46.5 Å². The Morgan fingerprint density at radius 1 is 0.842 bits per heavy atom. The Bertz CT molecular complexity index is 787. The topological polar surface area (TPSA) is 0 Å². The van der Waals surface area contributed by atoms with Crippen molar-refractivity contribution in [2.24, 2.45) is 0 Å². The fourth-order valence-corrected chi connectivity index (χ4v) is 4.11. The summed E-state index contributed by atoms with van der Waals surface area (Å²) in [6.45, 7) is 2.21. The lowest BCUT2D eigenvalue weighted by Gasteiger charge is -2.21. The van der Waals surface area contributed by atoms with Crippen LogP contribution in [-0.2, 0) is 6.42 Å². The van der Waals surface area contributed by atoms with Crippen LogP contribution < -0.4 is 0 Å². The van der Waals surface area contributed by atoms with E-state index in [1.807, 2.05) is 11.8 Å². The molecule has 0 aromatic heterocycles. The zero-order valence-electron chi connectivity index (χ0n) is 10.8. The fourth-order valence-electron chi connectivity index (χ4n) is 2.92. The molecule has 19 heavy (non-hydrogen) atoms. The second-order valence-corrected chi connectivity index (χ2v) is 6.19. The minimum Gasteiger partial charge on any atom is -0.0895 e. The van der Waals surface area contributed by atoms with Crippen LogP contribution in [0, 0.1) is 6.92 Å². The molecule has 0 saturated heterocycles. The van der Waals surface area contributed by atoms with Gasteiger partial charge in [-0.15, -0.1) is 0 Å². The number of aryl methyl sites for hydroxylation is 1. The van der Waals surface area contributed by atoms with Crippen LogP contribution in [0.3, 0.4) is 0 Å². The third kappa shape index (κ3) is 1.69. The summed E-state index contributed by atoms with van der Waals surface area (Å²) >= 11 is 1.91. The molecule has 92 valence electrons. The molecular formula is C18H14S. The Morgan fingerprint density at radius 3 is 2.47 bits per heavy atom. The molecule has 0 spiro atoms. The molecule has 0 unspecified atom stereocenters. The van der Waals surface area contributed by atoms with Crippen LogP contribution in [0.4, 0.5) is 0 Å². The highest BCUT2D eigenvalue weighted by molar-refractivity contribution is 7.99. The van der Waals surface area contributed by atoms with E-state index in [0.29, 0.717) is 0 Å². The molecule has 0 amide bonds. The van der Waals surface area contributed by atoms with Gasteiger partial charge in [-0.25, -0.2) is 0 Å². The summed E-state index contributed by atoms with van der Waals surface area (Å²) in [6.07, 6.45) is 1.05. The SMILES string of the molecule is Cc1cc2c(c3ccccc13)Cc1ccccc1S2. The molecule has 1 aliphatic heterocycles. The normalized spacial score (nSPS) is 13.1. The lowest BCUT2D eigenvalue weighted by atomic mass is 9.95. The van der Waals surface area contributed by atoms with E-state index in [1.165, 1.54) is 37.3 Å². The van der Waals surface area contributed by atoms with Gasteiger partial charge in [0.2, 0.25) is 0 Å². The molecule has 0 N–H and O–H groups in total. The third-order valence-electron chi connectivity index (χ3n) is 3.88. The molecule has 0 bridgehead atoms. The molecule has 0 nitrogen and oxygen atoms in total. The average Bonchev–Trinajstić information content (AvgIpc) is 2.46. The summed E-state index contributed by atoms with van der Waals surface area (Å²) in [4.78, 5) is 2.83. The van der Waals surface area contributed by atoms with E-state index in [1.54, 1.807) is 0 Å². The predicted octanol–water partition coefficient (Wildman–Crippen LogP) is 5.20. The number of hydrogen-bond donors (Lipinski definition) is 0. The van der Waals surface area contributed by atoms with Crippen molar-refractivity contribution in [1.82, 2.24) is 0 Å². The summed E-state index contributed by atoms with van der Waals surface area (Å²) < 4.78 is 0. The molecule has 1 aliphatic rings. The van der Waals surface area contributed by atoms with Crippen molar-refractivity contribution in [2.75, 3.05) is 0 Å². The second kappa shape index (κ2) is 4.14. The van der Waals surface area contributed by atoms with Crippen molar-refractivity contribution in [3.63, 3.8) is 0 Å². The smallest absolute Gasteiger partial charge is 0.0166 e. The first kappa shape index (κ1) is 11.1. The van der Waals surface area contributed by atoms with Crippen LogP contribution in [0.5, 0.6) is 0 Å². The van der Waals surface area contributed by atoms with E-state index >= 15 is 0 Å². The largest absolute Gasteiger partial charge is 0.0895 e. The zero-order chi connectivity index (χ0) is 12.8. The van der Waals surface area contributed by atoms with E-state index < -0.39 is 0 Å². The molecule has 3 aromatic carbocycles. The van der Waals surface area contributed by atoms with Gasteiger partial charge in [0.1, 0.15) is 0 Å². The lowest BCUT2D eigenvalue weighted by molar-refractivity contribution is 1.07. The van der Waals surface area contributed by atoms with Crippen LogP contribution in [0.1, 0.15) is 16.7 Å². The lowest BCUT2D eigenvalue weighted by Crippen LogP contribution is -2.01. The van der Waals surface area contributed by atoms with Gasteiger partial charge in [-0.2, -0.15) is 0 Å². The summed E-state index contributed by atoms with van der Waals surface area (Å²) in [5.74, 6) is 0. The maximum atomic E-state index is 2.35. The van der Waals surface area contributed by atoms with Gasteiger partial charge in [-0.1, -0.05) is 54.2 Å². The molecule has 0 saturated carbocycles. The van der Waals surface area contributed by atoms with E-state index in [0.717, 1.165) is 6.42 Å². The van der Waals surface area contributed by atoms with Crippen LogP contribution in [0.2, 0.25) is 0 Å². The van der Waals surface area contributed by atoms with Crippen molar-refractivity contribution in [3.05, 3.63) is 71.3 Å². The van der Waals surface area contributed by atoms with Gasteiger partial charge in [0.15, 0.2) is 0 Å². The molecule has 0 atom stereocenters. The third-order valence-corrected chi connectivity index (χ3v) is 5.08. The Kier molecular flexibility index (Phi) is 2.42. The summed E-state index contributed by atoms with van der Waals surface area (Å²) in [7, 11) is 0. The van der Waals surface area contributed by atoms with E-state index in [4.69, 9.17) is 0 Å². The molecule has 1 heterocycles. The van der Waals surface area contributed by atoms with Crippen molar-refractivity contribution < 1.29 is 0 Å². The number of rotatable bonds is 0. The van der Waals surface area contributed by atoms with Crippen molar-refractivity contribution in [1.29, 1.82) is 0 Å². The van der Waals surface area contributed by atoms with Gasteiger partial charge >= 0.3 is 0 Å². The number of fused-ring (bicyclic) bond motifs is 4. The highest BCUT2D eigenvalue weighted by Gasteiger charge is 2.18. The van der Waals surface area contributed by atoms with Gasteiger partial charge in [0.25, 0.3) is 0 Å². The second-order valence-electron chi connectivity index (χ2n) is 5.10. The van der Waals surface area contributed by atoms with Crippen LogP contribution in [0.15, 0.2) is 64.4 Å². The summed E-state index contributed by atoms with van der Waals surface area (Å²) in [5.41, 5.74) is 4.32. The zero-order valence-corrected chi connectivity index (χ0v) is 11.6. The molecule has 1 heteroatoms. The van der Waals surface area contributed by atoms with Crippen molar-refractivity contribution in [3.8, 4) is 0 Å². The molecule has 0 fully saturated rings. The quantitative estimate of drug-likeness (QED) is 0.419. The number of benzene rings is 3. The fraction of sp³-hybridized carbons (Fsp3) is 0.111. The molecule has 4 rings (SSSR count). The Balaban J connectivity index is 2.01.